The van der Waals surface area contributed by atoms with Crippen molar-refractivity contribution in [3.05, 3.63) is 48.6 Å². The lowest BCUT2D eigenvalue weighted by Gasteiger charge is -2.19. The predicted octanol–water partition coefficient (Wildman–Crippen LogP) is 25.3. The first-order chi connectivity index (χ1) is 39.7. The summed E-state index contributed by atoms with van der Waals surface area (Å²) < 4.78 is 0. The molecule has 3 N–H and O–H groups in total. The van der Waals surface area contributed by atoms with Gasteiger partial charge in [-0.05, 0) is 64.2 Å². The standard InChI is InChI=1S/C76H145NO3/c1-3-5-7-9-11-13-15-17-19-21-23-25-27-29-31-33-35-37-38-40-42-44-46-48-50-52-54-56-58-60-62-64-66-68-70-72-76(80)77-74(73-78)75(79)71-69-67-65-63-61-59-57-55-53-51-49-47-45-43-41-39-36-34-32-30-28-26-24-22-20-18-16-14-12-10-8-6-4-2/h15,17,21,23,61,63,69,71,74-75,78-79H,3-14,16,18-20,22,24-60,62,64-68,70,72-73H2,1-2H3,(H,77,80)/b17-15-,23-21-,63-61+,71-69+. The Morgan fingerprint density at radius 3 is 0.800 bits per heavy atom. The molecule has 0 aliphatic rings. The smallest absolute Gasteiger partial charge is 0.220 e. The van der Waals surface area contributed by atoms with E-state index in [1.54, 1.807) is 6.08 Å². The Morgan fingerprint density at radius 2 is 0.525 bits per heavy atom. The Hall–Kier alpha value is -1.65. The first-order valence-electron chi connectivity index (χ1n) is 36.9. The monoisotopic (exact) mass is 1120 g/mol. The maximum Gasteiger partial charge on any atom is 0.220 e. The minimum absolute atomic E-state index is 0.0657. The molecule has 0 fully saturated rings. The zero-order valence-electron chi connectivity index (χ0n) is 54.6. The molecule has 0 spiro atoms. The molecule has 0 bridgehead atoms. The molecule has 2 unspecified atom stereocenters. The van der Waals surface area contributed by atoms with Crippen LogP contribution in [0.3, 0.4) is 0 Å². The van der Waals surface area contributed by atoms with E-state index < -0.39 is 12.1 Å². The van der Waals surface area contributed by atoms with Crippen molar-refractivity contribution in [1.29, 1.82) is 0 Å². The highest BCUT2D eigenvalue weighted by molar-refractivity contribution is 5.76. The van der Waals surface area contributed by atoms with Gasteiger partial charge in [-0.25, -0.2) is 0 Å². The van der Waals surface area contributed by atoms with Crippen molar-refractivity contribution >= 4 is 5.91 Å². The molecule has 0 aliphatic carbocycles. The van der Waals surface area contributed by atoms with Gasteiger partial charge in [0.1, 0.15) is 0 Å². The quantitative estimate of drug-likeness (QED) is 0.0420. The number of aliphatic hydroxyl groups is 2. The molecule has 0 saturated heterocycles. The van der Waals surface area contributed by atoms with Crippen LogP contribution in [0.15, 0.2) is 48.6 Å². The molecular weight excluding hydrogens is 975 g/mol. The van der Waals surface area contributed by atoms with E-state index in [1.165, 1.54) is 353 Å². The van der Waals surface area contributed by atoms with Crippen molar-refractivity contribution in [2.45, 2.75) is 424 Å². The Bertz CT molecular complexity index is 1270. The van der Waals surface area contributed by atoms with Crippen LogP contribution in [0.1, 0.15) is 412 Å². The summed E-state index contributed by atoms with van der Waals surface area (Å²) in [6, 6.07) is -0.640. The normalized spacial score (nSPS) is 12.9. The molecule has 0 rings (SSSR count). The third kappa shape index (κ3) is 67.1. The lowest BCUT2D eigenvalue weighted by Crippen LogP contribution is -2.45. The number of allylic oxidation sites excluding steroid dienone is 7. The SMILES string of the molecule is CCCCCCC/C=C\C/C=C\CCCCCCCCCCCCCCCCCCCCCCCCCC(=O)NC(CO)C(O)/C=C/CC/C=C/CCCCCCCCCCCCCCCCCCCCCCCCCCCCC. The van der Waals surface area contributed by atoms with Crippen molar-refractivity contribution in [2.24, 2.45) is 0 Å². The van der Waals surface area contributed by atoms with E-state index in [9.17, 15) is 15.0 Å². The van der Waals surface area contributed by atoms with Crippen molar-refractivity contribution in [3.63, 3.8) is 0 Å². The molecule has 0 radical (unpaired) electrons. The number of hydrogen-bond acceptors (Lipinski definition) is 3. The summed E-state index contributed by atoms with van der Waals surface area (Å²) in [4.78, 5) is 12.5. The van der Waals surface area contributed by atoms with E-state index in [4.69, 9.17) is 0 Å². The van der Waals surface area contributed by atoms with E-state index >= 15 is 0 Å². The molecule has 0 saturated carbocycles. The van der Waals surface area contributed by atoms with Gasteiger partial charge in [-0.15, -0.1) is 0 Å². The van der Waals surface area contributed by atoms with Crippen LogP contribution >= 0.6 is 0 Å². The Labute approximate surface area is 503 Å². The number of carbonyl (C=O) groups excluding carboxylic acids is 1. The van der Waals surface area contributed by atoms with Crippen LogP contribution in [0.4, 0.5) is 0 Å². The maximum atomic E-state index is 12.5. The molecule has 80 heavy (non-hydrogen) atoms. The van der Waals surface area contributed by atoms with Crippen molar-refractivity contribution < 1.29 is 15.0 Å². The second kappa shape index (κ2) is 71.6. The summed E-state index contributed by atoms with van der Waals surface area (Å²) in [5, 5.41) is 23.3. The number of aliphatic hydroxyl groups excluding tert-OH is 2. The van der Waals surface area contributed by atoms with Crippen LogP contribution in [0.2, 0.25) is 0 Å². The fourth-order valence-electron chi connectivity index (χ4n) is 11.7. The zero-order chi connectivity index (χ0) is 57.6. The number of amides is 1. The molecule has 472 valence electrons. The molecule has 0 heterocycles. The Kier molecular flexibility index (Phi) is 70.1. The number of rotatable bonds is 69. The summed E-state index contributed by atoms with van der Waals surface area (Å²) >= 11 is 0. The highest BCUT2D eigenvalue weighted by Gasteiger charge is 2.18. The van der Waals surface area contributed by atoms with Gasteiger partial charge < -0.3 is 15.5 Å². The molecule has 0 aromatic carbocycles. The molecule has 4 heteroatoms. The van der Waals surface area contributed by atoms with E-state index in [-0.39, 0.29) is 12.5 Å². The minimum atomic E-state index is -0.864. The van der Waals surface area contributed by atoms with Gasteiger partial charge >= 0.3 is 0 Å². The number of hydrogen-bond donors (Lipinski definition) is 3. The number of nitrogens with one attached hydrogen (secondary N) is 1. The largest absolute Gasteiger partial charge is 0.394 e. The highest BCUT2D eigenvalue weighted by atomic mass is 16.3. The van der Waals surface area contributed by atoms with Crippen LogP contribution in [0, 0.1) is 0 Å². The van der Waals surface area contributed by atoms with Crippen LogP contribution < -0.4 is 5.32 Å². The fourth-order valence-corrected chi connectivity index (χ4v) is 11.7. The Morgan fingerprint density at radius 1 is 0.300 bits per heavy atom. The van der Waals surface area contributed by atoms with E-state index in [1.807, 2.05) is 6.08 Å². The first kappa shape index (κ1) is 78.4. The molecule has 0 aliphatic heterocycles. The lowest BCUT2D eigenvalue weighted by atomic mass is 10.0. The second-order valence-electron chi connectivity index (χ2n) is 25.4. The van der Waals surface area contributed by atoms with Gasteiger partial charge in [0.05, 0.1) is 18.8 Å². The molecule has 0 aromatic rings. The van der Waals surface area contributed by atoms with Gasteiger partial charge in [0.25, 0.3) is 0 Å². The third-order valence-electron chi connectivity index (χ3n) is 17.3. The average molecular weight is 1120 g/mol. The summed E-state index contributed by atoms with van der Waals surface area (Å²) in [6.07, 6.45) is 101. The van der Waals surface area contributed by atoms with E-state index in [0.717, 1.165) is 38.5 Å². The van der Waals surface area contributed by atoms with Crippen LogP contribution in [0.5, 0.6) is 0 Å². The summed E-state index contributed by atoms with van der Waals surface area (Å²) in [5.41, 5.74) is 0. The van der Waals surface area contributed by atoms with Crippen LogP contribution in [-0.4, -0.2) is 34.9 Å². The molecule has 2 atom stereocenters. The lowest BCUT2D eigenvalue weighted by molar-refractivity contribution is -0.123. The third-order valence-corrected chi connectivity index (χ3v) is 17.3. The summed E-state index contributed by atoms with van der Waals surface area (Å²) in [5.74, 6) is -0.0657. The van der Waals surface area contributed by atoms with Crippen molar-refractivity contribution in [2.75, 3.05) is 6.61 Å². The molecule has 1 amide bonds. The minimum Gasteiger partial charge on any atom is -0.394 e. The van der Waals surface area contributed by atoms with Gasteiger partial charge in [-0.3, -0.25) is 4.79 Å². The Balaban J connectivity index is 3.43. The van der Waals surface area contributed by atoms with Gasteiger partial charge in [-0.1, -0.05) is 390 Å². The maximum absolute atomic E-state index is 12.5. The number of carbonyl (C=O) groups is 1. The van der Waals surface area contributed by atoms with Crippen LogP contribution in [0.25, 0.3) is 0 Å². The van der Waals surface area contributed by atoms with Gasteiger partial charge in [0.15, 0.2) is 0 Å². The van der Waals surface area contributed by atoms with Crippen molar-refractivity contribution in [3.8, 4) is 0 Å². The second-order valence-corrected chi connectivity index (χ2v) is 25.4. The molecule has 0 aromatic heterocycles. The number of unbranched alkanes of at least 4 members (excludes halogenated alkanes) is 56. The highest BCUT2D eigenvalue weighted by Crippen LogP contribution is 2.19. The molecule has 4 nitrogen and oxygen atoms in total. The summed E-state index contributed by atoms with van der Waals surface area (Å²) in [7, 11) is 0. The van der Waals surface area contributed by atoms with Crippen molar-refractivity contribution in [1.82, 2.24) is 5.32 Å². The topological polar surface area (TPSA) is 69.6 Å². The van der Waals surface area contributed by atoms with Gasteiger partial charge in [-0.2, -0.15) is 0 Å². The van der Waals surface area contributed by atoms with E-state index in [0.29, 0.717) is 6.42 Å². The average Bonchev–Trinajstić information content (AvgIpc) is 3.46. The fraction of sp³-hybridized carbons (Fsp3) is 0.882. The van der Waals surface area contributed by atoms with Gasteiger partial charge in [0.2, 0.25) is 5.91 Å². The molecular formula is C76H145NO3. The zero-order valence-corrected chi connectivity index (χ0v) is 54.6. The predicted molar refractivity (Wildman–Crippen MR) is 359 cm³/mol. The first-order valence-corrected chi connectivity index (χ1v) is 36.9. The van der Waals surface area contributed by atoms with Crippen LogP contribution in [-0.2, 0) is 4.79 Å². The van der Waals surface area contributed by atoms with E-state index in [2.05, 4.69) is 55.6 Å². The summed E-state index contributed by atoms with van der Waals surface area (Å²) in [6.45, 7) is 4.33. The van der Waals surface area contributed by atoms with Gasteiger partial charge in [0, 0.05) is 6.42 Å².